The zero-order chi connectivity index (χ0) is 44.8. The number of aromatic nitrogens is 5. The summed E-state index contributed by atoms with van der Waals surface area (Å²) in [5, 5.41) is 27.5. The van der Waals surface area contributed by atoms with Crippen molar-refractivity contribution in [1.29, 1.82) is 0 Å². The molecule has 7 atom stereocenters. The molecule has 2 unspecified atom stereocenters. The quantitative estimate of drug-likeness (QED) is 0.0384. The monoisotopic (exact) mass is 938 g/mol. The molecular weight excluding hydrogens is 893 g/mol. The number of nitrogen functional groups attached to an aromatic ring is 1. The van der Waals surface area contributed by atoms with Crippen molar-refractivity contribution in [3.63, 3.8) is 0 Å². The van der Waals surface area contributed by atoms with Crippen molar-refractivity contribution in [2.24, 2.45) is 5.41 Å². The van der Waals surface area contributed by atoms with Gasteiger partial charge in [-0.05, 0) is 18.1 Å². The Morgan fingerprint density at radius 1 is 1.03 bits per heavy atom. The smallest absolute Gasteiger partial charge is 0.386 e. The Balaban J connectivity index is 1.02. The van der Waals surface area contributed by atoms with Crippen molar-refractivity contribution in [3.05, 3.63) is 48.7 Å². The first-order valence-corrected chi connectivity index (χ1v) is 23.7. The lowest BCUT2D eigenvalue weighted by atomic mass is 9.87. The molecular formula is C32H45N8O17P3S. The number of aliphatic hydroxyl groups excluding tert-OH is 2. The fourth-order valence-electron chi connectivity index (χ4n) is 5.94. The van der Waals surface area contributed by atoms with E-state index in [2.05, 4.69) is 39.4 Å². The molecule has 1 aliphatic rings. The summed E-state index contributed by atoms with van der Waals surface area (Å²) in [5.41, 5.74) is 6.29. The largest absolute Gasteiger partial charge is 0.481 e. The number of amides is 2. The average Bonchev–Trinajstić information content (AvgIpc) is 3.89. The van der Waals surface area contributed by atoms with Gasteiger partial charge in [-0.25, -0.2) is 28.6 Å². The fourth-order valence-corrected chi connectivity index (χ4v) is 9.45. The van der Waals surface area contributed by atoms with Crippen molar-refractivity contribution >= 4 is 80.0 Å². The number of ether oxygens (including phenoxy) is 1. The lowest BCUT2D eigenvalue weighted by molar-refractivity contribution is -0.137. The lowest BCUT2D eigenvalue weighted by Gasteiger charge is -2.30. The molecule has 0 aliphatic carbocycles. The van der Waals surface area contributed by atoms with Crippen LogP contribution in [0.5, 0.6) is 0 Å². The van der Waals surface area contributed by atoms with Crippen molar-refractivity contribution in [2.45, 2.75) is 63.8 Å². The zero-order valence-electron chi connectivity index (χ0n) is 32.4. The third-order valence-electron chi connectivity index (χ3n) is 9.04. The second-order valence-corrected chi connectivity index (χ2v) is 19.5. The predicted octanol–water partition coefficient (Wildman–Crippen LogP) is 0.779. The van der Waals surface area contributed by atoms with Gasteiger partial charge in [-0.3, -0.25) is 32.5 Å². The Bertz CT molecular complexity index is 2340. The van der Waals surface area contributed by atoms with Crippen LogP contribution in [0.25, 0.3) is 22.1 Å². The maximum absolute atomic E-state index is 12.7. The number of phosphoric ester groups is 3. The number of hydrogen-bond acceptors (Lipinski definition) is 18. The molecule has 5 rings (SSSR count). The number of benzene rings is 1. The van der Waals surface area contributed by atoms with Gasteiger partial charge in [0.05, 0.1) is 19.5 Å². The number of para-hydroxylation sites is 1. The SMILES string of the molecule is CC(C)(COP(=O)(O)OP(=O)(O)OC[C@H]1O[C@@H](n2cnc3c(N)ncnc32)[C@H](O)[C@@H]1OP(=O)(O)O)[C@@H](O)C(=O)NCCC(=O)NCCSC(=O)CCc1c[nH]c2ccccc12. The molecule has 1 fully saturated rings. The van der Waals surface area contributed by atoms with Gasteiger partial charge in [0.2, 0.25) is 11.8 Å². The topological polar surface area (TPSA) is 379 Å². The first-order valence-electron chi connectivity index (χ1n) is 18.2. The minimum absolute atomic E-state index is 0.0291. The number of phosphoric acid groups is 3. The molecule has 0 bridgehead atoms. The average molecular weight is 939 g/mol. The van der Waals surface area contributed by atoms with E-state index in [0.29, 0.717) is 18.6 Å². The molecule has 0 spiro atoms. The standard InChI is InChI=1S/C32H45N8O17P3S/c1-32(2,27(44)30(45)35-10-9-22(41)34-11-12-61-23(42)8-7-18-13-36-20-6-4-3-5-19(18)20)15-54-60(51,52)57-59(49,50)53-14-21-26(56-58(46,47)48)25(43)31(55-21)40-17-39-24-28(33)37-16-38-29(24)40/h3-6,13,16-17,21,25-27,31,36,43-44H,7-12,14-15H2,1-2H3,(H,34,41)(H,35,45)(H,49,50)(H,51,52)(H2,33,37,38)(H2,46,47,48)/t21-,25-,26-,27+,31-/m1/s1. The minimum atomic E-state index is -5.58. The number of thioether (sulfide) groups is 1. The van der Waals surface area contributed by atoms with E-state index < -0.39 is 84.6 Å². The van der Waals surface area contributed by atoms with E-state index >= 15 is 0 Å². The molecule has 61 heavy (non-hydrogen) atoms. The van der Waals surface area contributed by atoms with E-state index in [0.717, 1.165) is 45.5 Å². The number of aryl methyl sites for hydroxylation is 1. The molecule has 4 aromatic rings. The Morgan fingerprint density at radius 2 is 1.75 bits per heavy atom. The number of nitrogens with two attached hydrogens (primary N) is 1. The van der Waals surface area contributed by atoms with Crippen LogP contribution in [0, 0.1) is 5.41 Å². The van der Waals surface area contributed by atoms with Crippen LogP contribution in [0.4, 0.5) is 5.82 Å². The fraction of sp³-hybridized carbons (Fsp3) is 0.500. The van der Waals surface area contributed by atoms with Crippen molar-refractivity contribution in [1.82, 2.24) is 35.1 Å². The molecule has 2 amide bonds. The van der Waals surface area contributed by atoms with Crippen molar-refractivity contribution in [3.8, 4) is 0 Å². The second kappa shape index (κ2) is 20.2. The Morgan fingerprint density at radius 3 is 2.49 bits per heavy atom. The number of anilines is 1. The van der Waals surface area contributed by atoms with Crippen LogP contribution in [0.15, 0.2) is 43.1 Å². The van der Waals surface area contributed by atoms with Gasteiger partial charge in [0.1, 0.15) is 36.3 Å². The van der Waals surface area contributed by atoms with Crippen LogP contribution in [-0.4, -0.2) is 128 Å². The molecule has 0 radical (unpaired) electrons. The molecule has 3 aromatic heterocycles. The van der Waals surface area contributed by atoms with Gasteiger partial charge >= 0.3 is 23.5 Å². The van der Waals surface area contributed by atoms with E-state index in [-0.39, 0.29) is 41.6 Å². The number of fused-ring (bicyclic) bond motifs is 2. The molecule has 336 valence electrons. The number of rotatable bonds is 22. The van der Waals surface area contributed by atoms with Crippen LogP contribution in [0.3, 0.4) is 0 Å². The predicted molar refractivity (Wildman–Crippen MR) is 214 cm³/mol. The van der Waals surface area contributed by atoms with Crippen LogP contribution in [-0.2, 0) is 57.1 Å². The Hall–Kier alpha value is -3.68. The number of H-pyrrole nitrogens is 1. The van der Waals surface area contributed by atoms with Gasteiger partial charge in [0.25, 0.3) is 0 Å². The maximum atomic E-state index is 12.7. The summed E-state index contributed by atoms with van der Waals surface area (Å²) in [6, 6.07) is 7.77. The van der Waals surface area contributed by atoms with Crippen LogP contribution < -0.4 is 16.4 Å². The highest BCUT2D eigenvalue weighted by molar-refractivity contribution is 8.13. The lowest BCUT2D eigenvalue weighted by Crippen LogP contribution is -2.46. The number of aromatic amines is 1. The van der Waals surface area contributed by atoms with Gasteiger partial charge in [-0.2, -0.15) is 4.31 Å². The first-order chi connectivity index (χ1) is 28.6. The summed E-state index contributed by atoms with van der Waals surface area (Å²) in [6.07, 6.45) is -4.18. The molecule has 4 heterocycles. The van der Waals surface area contributed by atoms with Gasteiger partial charge < -0.3 is 55.9 Å². The number of carbonyl (C=O) groups is 3. The summed E-state index contributed by atoms with van der Waals surface area (Å²) in [5.74, 6) is -1.13. The van der Waals surface area contributed by atoms with Crippen LogP contribution >= 0.6 is 35.2 Å². The number of hydrogen-bond donors (Lipinski definition) is 10. The van der Waals surface area contributed by atoms with Crippen molar-refractivity contribution in [2.75, 3.05) is 37.8 Å². The summed E-state index contributed by atoms with van der Waals surface area (Å²) in [7, 11) is -16.4. The van der Waals surface area contributed by atoms with Gasteiger partial charge in [0.15, 0.2) is 22.8 Å². The molecule has 0 saturated carbocycles. The molecule has 25 nitrogen and oxygen atoms in total. The first kappa shape index (κ1) is 48.4. The number of nitrogens with zero attached hydrogens (tertiary/aromatic N) is 4. The molecule has 1 aromatic carbocycles. The molecule has 1 aliphatic heterocycles. The van der Waals surface area contributed by atoms with E-state index in [9.17, 15) is 57.9 Å². The number of aliphatic hydroxyl groups is 2. The maximum Gasteiger partial charge on any atom is 0.481 e. The van der Waals surface area contributed by atoms with Crippen LogP contribution in [0.2, 0.25) is 0 Å². The highest BCUT2D eigenvalue weighted by Crippen LogP contribution is 2.61. The highest BCUT2D eigenvalue weighted by Gasteiger charge is 2.50. The second-order valence-electron chi connectivity index (χ2n) is 14.1. The van der Waals surface area contributed by atoms with Gasteiger partial charge in [-0.1, -0.05) is 43.8 Å². The van der Waals surface area contributed by atoms with E-state index in [1.165, 1.54) is 13.8 Å². The van der Waals surface area contributed by atoms with Crippen molar-refractivity contribution < 1.29 is 80.5 Å². The van der Waals surface area contributed by atoms with E-state index in [1.54, 1.807) is 0 Å². The molecule has 29 heteroatoms. The number of carbonyl (C=O) groups excluding carboxylic acids is 3. The molecule has 1 saturated heterocycles. The zero-order valence-corrected chi connectivity index (χ0v) is 35.9. The summed E-state index contributed by atoms with van der Waals surface area (Å²) in [6.45, 7) is 0.471. The van der Waals surface area contributed by atoms with Gasteiger partial charge in [-0.15, -0.1) is 0 Å². The normalized spacial score (nSPS) is 20.9. The summed E-state index contributed by atoms with van der Waals surface area (Å²) in [4.78, 5) is 91.5. The van der Waals surface area contributed by atoms with Crippen LogP contribution in [0.1, 0.15) is 38.5 Å². The van der Waals surface area contributed by atoms with E-state index in [4.69, 9.17) is 19.5 Å². The third kappa shape index (κ3) is 13.4. The molecule has 11 N–H and O–H groups in total. The number of imidazole rings is 1. The third-order valence-corrected chi connectivity index (χ3v) is 13.1. The highest BCUT2D eigenvalue weighted by atomic mass is 32.2. The van der Waals surface area contributed by atoms with Gasteiger partial charge in [0, 0.05) is 54.2 Å². The summed E-state index contributed by atoms with van der Waals surface area (Å²) >= 11 is 1.09. The number of nitrogens with one attached hydrogen (secondary N) is 3. The van der Waals surface area contributed by atoms with E-state index in [1.807, 2.05) is 30.5 Å². The Labute approximate surface area is 350 Å². The minimum Gasteiger partial charge on any atom is -0.386 e. The summed E-state index contributed by atoms with van der Waals surface area (Å²) < 4.78 is 62.3. The Kier molecular flexibility index (Phi) is 16.0.